The minimum atomic E-state index is -4.21. The van der Waals surface area contributed by atoms with E-state index in [0.29, 0.717) is 18.5 Å². The van der Waals surface area contributed by atoms with Gasteiger partial charge in [0.1, 0.15) is 6.61 Å². The molecule has 0 spiro atoms. The number of hydrogen-bond acceptors (Lipinski definition) is 2. The molecule has 0 bridgehead atoms. The van der Waals surface area contributed by atoms with E-state index in [1.54, 1.807) is 0 Å². The van der Waals surface area contributed by atoms with Gasteiger partial charge in [-0.3, -0.25) is 0 Å². The Morgan fingerprint density at radius 1 is 1.10 bits per heavy atom. The third-order valence-corrected chi connectivity index (χ3v) is 4.71. The van der Waals surface area contributed by atoms with Crippen molar-refractivity contribution in [2.24, 2.45) is 5.92 Å². The monoisotopic (exact) mass is 293 g/mol. The molecule has 0 aromatic carbocycles. The first-order valence-corrected chi connectivity index (χ1v) is 7.88. The molecule has 2 aliphatic carbocycles. The van der Waals surface area contributed by atoms with Crippen LogP contribution in [0.3, 0.4) is 0 Å². The fourth-order valence-corrected chi connectivity index (χ4v) is 3.63. The summed E-state index contributed by atoms with van der Waals surface area (Å²) < 4.78 is 41.6. The summed E-state index contributed by atoms with van der Waals surface area (Å²) in [6.45, 7) is 1.11. The number of nitrogens with one attached hydrogen (secondary N) is 1. The van der Waals surface area contributed by atoms with Crippen LogP contribution in [0.25, 0.3) is 0 Å². The SMILES string of the molecule is CC(NC1CCCC(OCC(F)(F)F)C1)C1CCCC1. The number of rotatable bonds is 5. The van der Waals surface area contributed by atoms with Crippen LogP contribution < -0.4 is 5.32 Å². The van der Waals surface area contributed by atoms with Gasteiger partial charge < -0.3 is 10.1 Å². The van der Waals surface area contributed by atoms with Crippen LogP contribution in [0, 0.1) is 5.92 Å². The first-order valence-electron chi connectivity index (χ1n) is 7.88. The van der Waals surface area contributed by atoms with Crippen LogP contribution in [0.5, 0.6) is 0 Å². The van der Waals surface area contributed by atoms with Gasteiger partial charge in [-0.2, -0.15) is 13.2 Å². The summed E-state index contributed by atoms with van der Waals surface area (Å²) in [6, 6.07) is 0.793. The summed E-state index contributed by atoms with van der Waals surface area (Å²) in [7, 11) is 0. The topological polar surface area (TPSA) is 21.3 Å². The van der Waals surface area contributed by atoms with Gasteiger partial charge in [0.25, 0.3) is 0 Å². The molecular formula is C15H26F3NO. The van der Waals surface area contributed by atoms with Crippen molar-refractivity contribution in [1.29, 1.82) is 0 Å². The van der Waals surface area contributed by atoms with Gasteiger partial charge >= 0.3 is 6.18 Å². The lowest BCUT2D eigenvalue weighted by Crippen LogP contribution is -2.44. The van der Waals surface area contributed by atoms with Gasteiger partial charge in [0.2, 0.25) is 0 Å². The summed E-state index contributed by atoms with van der Waals surface area (Å²) >= 11 is 0. The van der Waals surface area contributed by atoms with Gasteiger partial charge in [-0.25, -0.2) is 0 Å². The van der Waals surface area contributed by atoms with Crippen LogP contribution in [0.2, 0.25) is 0 Å². The molecule has 20 heavy (non-hydrogen) atoms. The molecule has 0 aromatic heterocycles. The highest BCUT2D eigenvalue weighted by Crippen LogP contribution is 2.29. The van der Waals surface area contributed by atoms with Crippen molar-refractivity contribution in [3.8, 4) is 0 Å². The van der Waals surface area contributed by atoms with Crippen LogP contribution in [0.4, 0.5) is 13.2 Å². The van der Waals surface area contributed by atoms with E-state index in [0.717, 1.165) is 25.2 Å². The van der Waals surface area contributed by atoms with Crippen molar-refractivity contribution < 1.29 is 17.9 Å². The molecule has 5 heteroatoms. The Labute approximate surface area is 119 Å². The van der Waals surface area contributed by atoms with E-state index in [-0.39, 0.29) is 6.10 Å². The second kappa shape index (κ2) is 7.12. The molecule has 118 valence electrons. The van der Waals surface area contributed by atoms with Gasteiger partial charge in [-0.05, 0) is 51.4 Å². The third kappa shape index (κ3) is 5.24. The lowest BCUT2D eigenvalue weighted by molar-refractivity contribution is -0.188. The Morgan fingerprint density at radius 3 is 2.45 bits per heavy atom. The highest BCUT2D eigenvalue weighted by molar-refractivity contribution is 4.84. The number of halogens is 3. The molecule has 0 radical (unpaired) electrons. The Morgan fingerprint density at radius 2 is 1.80 bits per heavy atom. The van der Waals surface area contributed by atoms with E-state index in [1.807, 2.05) is 0 Å². The summed E-state index contributed by atoms with van der Waals surface area (Å²) in [6.07, 6.45) is 4.25. The molecule has 1 N–H and O–H groups in total. The van der Waals surface area contributed by atoms with E-state index < -0.39 is 12.8 Å². The maximum atomic E-state index is 12.2. The average molecular weight is 293 g/mol. The van der Waals surface area contributed by atoms with E-state index in [4.69, 9.17) is 4.74 Å². The highest BCUT2D eigenvalue weighted by Gasteiger charge is 2.32. The molecule has 0 aromatic rings. The van der Waals surface area contributed by atoms with Gasteiger partial charge in [0.05, 0.1) is 6.10 Å². The predicted octanol–water partition coefficient (Wildman–Crippen LogP) is 4.04. The van der Waals surface area contributed by atoms with Crippen LogP contribution in [-0.2, 0) is 4.74 Å². The lowest BCUT2D eigenvalue weighted by atomic mass is 9.90. The van der Waals surface area contributed by atoms with Gasteiger partial charge in [-0.1, -0.05) is 12.8 Å². The normalized spacial score (nSPS) is 30.6. The van der Waals surface area contributed by atoms with Crippen LogP contribution in [0.1, 0.15) is 58.3 Å². The summed E-state index contributed by atoms with van der Waals surface area (Å²) in [5.41, 5.74) is 0. The van der Waals surface area contributed by atoms with Crippen molar-refractivity contribution in [2.45, 2.75) is 82.7 Å². The molecule has 2 nitrogen and oxygen atoms in total. The molecule has 2 saturated carbocycles. The smallest absolute Gasteiger partial charge is 0.369 e. The second-order valence-electron chi connectivity index (χ2n) is 6.41. The average Bonchev–Trinajstić information content (AvgIpc) is 2.90. The first-order chi connectivity index (χ1) is 9.44. The van der Waals surface area contributed by atoms with Crippen molar-refractivity contribution in [2.75, 3.05) is 6.61 Å². The minimum absolute atomic E-state index is 0.237. The molecule has 3 unspecified atom stereocenters. The molecule has 2 aliphatic rings. The van der Waals surface area contributed by atoms with Crippen molar-refractivity contribution in [3.05, 3.63) is 0 Å². The fourth-order valence-electron chi connectivity index (χ4n) is 3.63. The zero-order valence-electron chi connectivity index (χ0n) is 12.2. The molecule has 0 heterocycles. The van der Waals surface area contributed by atoms with Crippen LogP contribution in [-0.4, -0.2) is 31.0 Å². The molecule has 2 fully saturated rings. The maximum Gasteiger partial charge on any atom is 0.411 e. The molecule has 3 atom stereocenters. The third-order valence-electron chi connectivity index (χ3n) is 4.71. The van der Waals surface area contributed by atoms with Crippen LogP contribution in [0.15, 0.2) is 0 Å². The fraction of sp³-hybridized carbons (Fsp3) is 1.00. The summed E-state index contributed by atoms with van der Waals surface area (Å²) in [4.78, 5) is 0. The second-order valence-corrected chi connectivity index (χ2v) is 6.41. The maximum absolute atomic E-state index is 12.2. The molecule has 0 saturated heterocycles. The Balaban J connectivity index is 1.72. The molecule has 2 rings (SSSR count). The quantitative estimate of drug-likeness (QED) is 0.826. The minimum Gasteiger partial charge on any atom is -0.369 e. The summed E-state index contributed by atoms with van der Waals surface area (Å²) in [5, 5.41) is 3.63. The standard InChI is InChI=1S/C15H26F3NO/c1-11(12-5-2-3-6-12)19-13-7-4-8-14(9-13)20-10-15(16,17)18/h11-14,19H,2-10H2,1H3. The largest absolute Gasteiger partial charge is 0.411 e. The Kier molecular flexibility index (Phi) is 5.73. The van der Waals surface area contributed by atoms with E-state index in [9.17, 15) is 13.2 Å². The van der Waals surface area contributed by atoms with Gasteiger partial charge in [-0.15, -0.1) is 0 Å². The Hall–Kier alpha value is -0.290. The zero-order chi connectivity index (χ0) is 14.6. The lowest BCUT2D eigenvalue weighted by Gasteiger charge is -2.33. The van der Waals surface area contributed by atoms with Gasteiger partial charge in [0.15, 0.2) is 0 Å². The highest BCUT2D eigenvalue weighted by atomic mass is 19.4. The van der Waals surface area contributed by atoms with Crippen molar-refractivity contribution >= 4 is 0 Å². The number of alkyl halides is 3. The molecular weight excluding hydrogens is 267 g/mol. The van der Waals surface area contributed by atoms with E-state index in [1.165, 1.54) is 25.7 Å². The van der Waals surface area contributed by atoms with E-state index >= 15 is 0 Å². The Bertz CT molecular complexity index is 289. The number of ether oxygens (including phenoxy) is 1. The molecule has 0 amide bonds. The van der Waals surface area contributed by atoms with Gasteiger partial charge in [0, 0.05) is 12.1 Å². The summed E-state index contributed by atoms with van der Waals surface area (Å²) in [5.74, 6) is 0.742. The van der Waals surface area contributed by atoms with Crippen LogP contribution >= 0.6 is 0 Å². The van der Waals surface area contributed by atoms with Crippen molar-refractivity contribution in [1.82, 2.24) is 5.32 Å². The first kappa shape index (κ1) is 16.1. The van der Waals surface area contributed by atoms with Crippen molar-refractivity contribution in [3.63, 3.8) is 0 Å². The molecule has 0 aliphatic heterocycles. The number of hydrogen-bond donors (Lipinski definition) is 1. The predicted molar refractivity (Wildman–Crippen MR) is 72.6 cm³/mol. The van der Waals surface area contributed by atoms with E-state index in [2.05, 4.69) is 12.2 Å². The zero-order valence-corrected chi connectivity index (χ0v) is 12.2.